The molecule has 142 valence electrons. The van der Waals surface area contributed by atoms with Crippen LogP contribution in [0.5, 0.6) is 0 Å². The Morgan fingerprint density at radius 3 is 2.59 bits per heavy atom. The van der Waals surface area contributed by atoms with E-state index in [9.17, 15) is 14.0 Å². The fourth-order valence-electron chi connectivity index (χ4n) is 3.12. The number of hydrogen-bond donors (Lipinski definition) is 0. The highest BCUT2D eigenvalue weighted by Gasteiger charge is 2.24. The van der Waals surface area contributed by atoms with Crippen LogP contribution in [0.15, 0.2) is 29.1 Å². The molecule has 0 bridgehead atoms. The predicted molar refractivity (Wildman–Crippen MR) is 105 cm³/mol. The van der Waals surface area contributed by atoms with Crippen LogP contribution in [0.4, 0.5) is 4.39 Å². The minimum absolute atomic E-state index is 0.290. The number of esters is 1. The number of nitrogens with zero attached hydrogens (tertiary/aromatic N) is 2. The van der Waals surface area contributed by atoms with Gasteiger partial charge < -0.3 is 4.74 Å². The van der Waals surface area contributed by atoms with E-state index in [1.807, 2.05) is 13.8 Å². The van der Waals surface area contributed by atoms with Crippen LogP contribution >= 0.6 is 11.3 Å². The summed E-state index contributed by atoms with van der Waals surface area (Å²) in [6.07, 6.45) is 0.710. The molecule has 1 atom stereocenters. The molecule has 2 aromatic heterocycles. The molecule has 27 heavy (non-hydrogen) atoms. The smallest absolute Gasteiger partial charge is 0.329 e. The van der Waals surface area contributed by atoms with E-state index in [0.717, 1.165) is 16.0 Å². The van der Waals surface area contributed by atoms with Crippen molar-refractivity contribution >= 4 is 27.5 Å². The van der Waals surface area contributed by atoms with Crippen LogP contribution in [0.1, 0.15) is 37.0 Å². The van der Waals surface area contributed by atoms with Crippen LogP contribution in [0, 0.1) is 19.7 Å². The number of fused-ring (bicyclic) bond motifs is 1. The lowest BCUT2D eigenvalue weighted by Crippen LogP contribution is -2.32. The Balaban J connectivity index is 2.20. The van der Waals surface area contributed by atoms with Crippen LogP contribution in [0.25, 0.3) is 21.3 Å². The zero-order valence-electron chi connectivity index (χ0n) is 15.7. The molecule has 0 fully saturated rings. The van der Waals surface area contributed by atoms with E-state index in [1.54, 1.807) is 26.0 Å². The zero-order valence-corrected chi connectivity index (χ0v) is 16.5. The summed E-state index contributed by atoms with van der Waals surface area (Å²) in [4.78, 5) is 31.7. The fourth-order valence-corrected chi connectivity index (χ4v) is 4.21. The maximum atomic E-state index is 13.3. The van der Waals surface area contributed by atoms with Crippen LogP contribution < -0.4 is 5.56 Å². The third kappa shape index (κ3) is 3.51. The van der Waals surface area contributed by atoms with Crippen molar-refractivity contribution in [3.05, 3.63) is 51.1 Å². The monoisotopic (exact) mass is 388 g/mol. The molecule has 0 spiro atoms. The molecule has 1 aromatic carbocycles. The molecule has 0 N–H and O–H groups in total. The van der Waals surface area contributed by atoms with Gasteiger partial charge in [0.15, 0.2) is 0 Å². The Bertz CT molecular complexity index is 1050. The number of halogens is 1. The fraction of sp³-hybridized carbons (Fsp3) is 0.350. The molecule has 3 aromatic rings. The molecule has 0 saturated carbocycles. The van der Waals surface area contributed by atoms with Crippen molar-refractivity contribution in [1.29, 1.82) is 0 Å². The number of rotatable bonds is 5. The standard InChI is InChI=1S/C20H21FN2O3S/c1-5-10-26-20(25)11(2)23-13(4)22-18-17(19(23)24)16(12(3)27-18)14-6-8-15(21)9-7-14/h6-9,11H,5,10H2,1-4H3. The highest BCUT2D eigenvalue weighted by molar-refractivity contribution is 7.19. The average molecular weight is 388 g/mol. The number of carbonyl (C=O) groups excluding carboxylic acids is 1. The molecule has 1 unspecified atom stereocenters. The molecule has 0 aliphatic rings. The van der Waals surface area contributed by atoms with Gasteiger partial charge in [-0.05, 0) is 44.9 Å². The van der Waals surface area contributed by atoms with Crippen molar-refractivity contribution in [2.24, 2.45) is 0 Å². The van der Waals surface area contributed by atoms with Gasteiger partial charge in [-0.25, -0.2) is 14.2 Å². The average Bonchev–Trinajstić information content (AvgIpc) is 2.96. The number of benzene rings is 1. The van der Waals surface area contributed by atoms with Gasteiger partial charge in [0.2, 0.25) is 0 Å². The van der Waals surface area contributed by atoms with E-state index >= 15 is 0 Å². The number of thiophene rings is 1. The lowest BCUT2D eigenvalue weighted by Gasteiger charge is -2.16. The van der Waals surface area contributed by atoms with Crippen LogP contribution in [-0.2, 0) is 9.53 Å². The number of hydrogen-bond acceptors (Lipinski definition) is 5. The van der Waals surface area contributed by atoms with Crippen LogP contribution in [0.3, 0.4) is 0 Å². The van der Waals surface area contributed by atoms with Crippen molar-refractivity contribution in [1.82, 2.24) is 9.55 Å². The van der Waals surface area contributed by atoms with Gasteiger partial charge in [0.1, 0.15) is 22.5 Å². The van der Waals surface area contributed by atoms with E-state index in [0.29, 0.717) is 29.1 Å². The first-order valence-corrected chi connectivity index (χ1v) is 9.61. The van der Waals surface area contributed by atoms with Gasteiger partial charge >= 0.3 is 5.97 Å². The summed E-state index contributed by atoms with van der Waals surface area (Å²) in [7, 11) is 0. The van der Waals surface area contributed by atoms with Crippen molar-refractivity contribution in [3.63, 3.8) is 0 Å². The largest absolute Gasteiger partial charge is 0.464 e. The van der Waals surface area contributed by atoms with E-state index in [2.05, 4.69) is 4.98 Å². The molecule has 7 heteroatoms. The molecule has 3 rings (SSSR count). The predicted octanol–water partition coefficient (Wildman–Crippen LogP) is 4.40. The molecule has 0 saturated heterocycles. The molecular weight excluding hydrogens is 367 g/mol. The second-order valence-corrected chi connectivity index (χ2v) is 7.60. The summed E-state index contributed by atoms with van der Waals surface area (Å²) in [6.45, 7) is 7.47. The Morgan fingerprint density at radius 1 is 1.30 bits per heavy atom. The minimum atomic E-state index is -0.776. The van der Waals surface area contributed by atoms with Gasteiger partial charge in [-0.3, -0.25) is 9.36 Å². The van der Waals surface area contributed by atoms with Crippen LogP contribution in [0.2, 0.25) is 0 Å². The van der Waals surface area contributed by atoms with Gasteiger partial charge in [-0.1, -0.05) is 19.1 Å². The Morgan fingerprint density at radius 2 is 1.96 bits per heavy atom. The summed E-state index contributed by atoms with van der Waals surface area (Å²) >= 11 is 1.41. The second-order valence-electron chi connectivity index (χ2n) is 6.40. The van der Waals surface area contributed by atoms with Crippen molar-refractivity contribution in [3.8, 4) is 11.1 Å². The van der Waals surface area contributed by atoms with Crippen molar-refractivity contribution < 1.29 is 13.9 Å². The summed E-state index contributed by atoms with van der Waals surface area (Å²) < 4.78 is 19.9. The van der Waals surface area contributed by atoms with Gasteiger partial charge in [-0.15, -0.1) is 11.3 Å². The first-order valence-electron chi connectivity index (χ1n) is 8.80. The highest BCUT2D eigenvalue weighted by Crippen LogP contribution is 2.36. The van der Waals surface area contributed by atoms with Crippen molar-refractivity contribution in [2.45, 2.75) is 40.2 Å². The molecular formula is C20H21FN2O3S. The zero-order chi connectivity index (χ0) is 19.7. The Hall–Kier alpha value is -2.54. The first kappa shape index (κ1) is 19.2. The molecule has 2 heterocycles. The quantitative estimate of drug-likeness (QED) is 0.608. The van der Waals surface area contributed by atoms with Crippen LogP contribution in [-0.4, -0.2) is 22.1 Å². The lowest BCUT2D eigenvalue weighted by molar-refractivity contribution is -0.147. The number of ether oxygens (including phenoxy) is 1. The normalized spacial score (nSPS) is 12.3. The molecule has 0 aliphatic carbocycles. The van der Waals surface area contributed by atoms with E-state index in [1.165, 1.54) is 28.0 Å². The minimum Gasteiger partial charge on any atom is -0.464 e. The van der Waals surface area contributed by atoms with Gasteiger partial charge in [0.05, 0.1) is 12.0 Å². The van der Waals surface area contributed by atoms with E-state index < -0.39 is 12.0 Å². The third-order valence-electron chi connectivity index (χ3n) is 4.42. The maximum absolute atomic E-state index is 13.3. The summed E-state index contributed by atoms with van der Waals surface area (Å²) in [6, 6.07) is 5.24. The number of aromatic nitrogens is 2. The highest BCUT2D eigenvalue weighted by atomic mass is 32.1. The summed E-state index contributed by atoms with van der Waals surface area (Å²) in [5.41, 5.74) is 1.19. The maximum Gasteiger partial charge on any atom is 0.329 e. The van der Waals surface area contributed by atoms with Gasteiger partial charge in [0, 0.05) is 10.4 Å². The van der Waals surface area contributed by atoms with Gasteiger partial charge in [0.25, 0.3) is 5.56 Å². The van der Waals surface area contributed by atoms with E-state index in [4.69, 9.17) is 4.74 Å². The number of carbonyl (C=O) groups is 1. The lowest BCUT2D eigenvalue weighted by atomic mass is 10.0. The van der Waals surface area contributed by atoms with E-state index in [-0.39, 0.29) is 11.4 Å². The number of aryl methyl sites for hydroxylation is 2. The molecule has 0 radical (unpaired) electrons. The Kier molecular flexibility index (Phi) is 5.41. The third-order valence-corrected chi connectivity index (χ3v) is 5.42. The molecule has 0 amide bonds. The second kappa shape index (κ2) is 7.60. The molecule has 5 nitrogen and oxygen atoms in total. The SMILES string of the molecule is CCCOC(=O)C(C)n1c(C)nc2sc(C)c(-c3ccc(F)cc3)c2c1=O. The Labute approximate surface area is 160 Å². The summed E-state index contributed by atoms with van der Waals surface area (Å²) in [5.74, 6) is -0.339. The topological polar surface area (TPSA) is 61.2 Å². The van der Waals surface area contributed by atoms with Crippen molar-refractivity contribution in [2.75, 3.05) is 6.61 Å². The molecule has 0 aliphatic heterocycles. The van der Waals surface area contributed by atoms with Gasteiger partial charge in [-0.2, -0.15) is 0 Å². The summed E-state index contributed by atoms with van der Waals surface area (Å²) in [5, 5.41) is 0.449. The first-order chi connectivity index (χ1) is 12.8.